The Morgan fingerprint density at radius 2 is 1.69 bits per heavy atom. The highest BCUT2D eigenvalue weighted by Crippen LogP contribution is 2.38. The molecule has 0 saturated carbocycles. The fourth-order valence-corrected chi connectivity index (χ4v) is 3.49. The van der Waals surface area contributed by atoms with E-state index in [-0.39, 0.29) is 23.0 Å². The predicted molar refractivity (Wildman–Crippen MR) is 111 cm³/mol. The summed E-state index contributed by atoms with van der Waals surface area (Å²) in [5, 5.41) is 10.4. The molecule has 0 heterocycles. The number of carbonyl (C=O) groups excluding carboxylic acids is 1. The number of aliphatic hydroxyl groups is 1. The second-order valence-corrected chi connectivity index (χ2v) is 6.80. The normalized spacial score (nSPS) is 16.9. The minimum Gasteiger partial charge on any atom is -0.511 e. The van der Waals surface area contributed by atoms with Gasteiger partial charge in [-0.15, -0.1) is 0 Å². The fraction of sp³-hybridized carbons (Fsp3) is 0.304. The SMILES string of the molecule is COc1cc(CN=CC2=C(O)CC(c3ccccc3)CC2=O)cc(OC)c1OC. The third-order valence-electron chi connectivity index (χ3n) is 4.97. The van der Waals surface area contributed by atoms with Crippen LogP contribution in [-0.4, -0.2) is 38.4 Å². The van der Waals surface area contributed by atoms with Gasteiger partial charge in [-0.2, -0.15) is 0 Å². The van der Waals surface area contributed by atoms with E-state index in [9.17, 15) is 9.90 Å². The van der Waals surface area contributed by atoms with Gasteiger partial charge < -0.3 is 19.3 Å². The molecule has 1 atom stereocenters. The van der Waals surface area contributed by atoms with Crippen LogP contribution >= 0.6 is 0 Å². The minimum atomic E-state index is -0.101. The number of benzene rings is 2. The van der Waals surface area contributed by atoms with E-state index in [2.05, 4.69) is 4.99 Å². The number of Topliss-reactive ketones (excluding diaryl/α,β-unsaturated/α-hetero) is 1. The highest BCUT2D eigenvalue weighted by atomic mass is 16.5. The van der Waals surface area contributed by atoms with Gasteiger partial charge in [-0.1, -0.05) is 30.3 Å². The third kappa shape index (κ3) is 4.59. The fourth-order valence-electron chi connectivity index (χ4n) is 3.49. The van der Waals surface area contributed by atoms with Gasteiger partial charge in [0.2, 0.25) is 5.75 Å². The summed E-state index contributed by atoms with van der Waals surface area (Å²) < 4.78 is 16.0. The Morgan fingerprint density at radius 1 is 1.03 bits per heavy atom. The summed E-state index contributed by atoms with van der Waals surface area (Å²) in [5.74, 6) is 1.57. The average Bonchev–Trinajstić information content (AvgIpc) is 2.75. The Bertz CT molecular complexity index is 909. The monoisotopic (exact) mass is 395 g/mol. The molecule has 0 spiro atoms. The van der Waals surface area contributed by atoms with Crippen molar-refractivity contribution in [3.05, 3.63) is 64.9 Å². The molecule has 0 aliphatic heterocycles. The number of nitrogens with zero attached hydrogens (tertiary/aromatic N) is 1. The van der Waals surface area contributed by atoms with Crippen LogP contribution in [0, 0.1) is 0 Å². The van der Waals surface area contributed by atoms with Gasteiger partial charge in [-0.3, -0.25) is 9.79 Å². The number of ketones is 1. The number of ether oxygens (including phenoxy) is 3. The van der Waals surface area contributed by atoms with Crippen LogP contribution in [0.3, 0.4) is 0 Å². The number of hydrogen-bond donors (Lipinski definition) is 1. The maximum absolute atomic E-state index is 12.5. The molecule has 6 nitrogen and oxygen atoms in total. The highest BCUT2D eigenvalue weighted by molar-refractivity contribution is 6.14. The summed E-state index contributed by atoms with van der Waals surface area (Å²) in [7, 11) is 4.65. The van der Waals surface area contributed by atoms with Gasteiger partial charge in [0.1, 0.15) is 5.76 Å². The average molecular weight is 395 g/mol. The van der Waals surface area contributed by atoms with Crippen LogP contribution in [-0.2, 0) is 11.3 Å². The predicted octanol–water partition coefficient (Wildman–Crippen LogP) is 4.24. The maximum atomic E-state index is 12.5. The number of methoxy groups -OCH3 is 3. The lowest BCUT2D eigenvalue weighted by molar-refractivity contribution is -0.116. The van der Waals surface area contributed by atoms with Crippen molar-refractivity contribution in [2.75, 3.05) is 21.3 Å². The van der Waals surface area contributed by atoms with Gasteiger partial charge in [-0.05, 0) is 29.2 Å². The molecular weight excluding hydrogens is 370 g/mol. The molecule has 1 unspecified atom stereocenters. The molecule has 2 aromatic rings. The summed E-state index contributed by atoms with van der Waals surface area (Å²) in [5.41, 5.74) is 2.17. The Balaban J connectivity index is 1.75. The second-order valence-electron chi connectivity index (χ2n) is 6.80. The van der Waals surface area contributed by atoms with Gasteiger partial charge in [0.25, 0.3) is 0 Å². The molecule has 2 aromatic carbocycles. The van der Waals surface area contributed by atoms with Crippen molar-refractivity contribution < 1.29 is 24.1 Å². The first kappa shape index (κ1) is 20.5. The molecule has 152 valence electrons. The van der Waals surface area contributed by atoms with E-state index in [1.807, 2.05) is 30.3 Å². The molecule has 0 bridgehead atoms. The molecule has 1 N–H and O–H groups in total. The van der Waals surface area contributed by atoms with Crippen LogP contribution in [0.1, 0.15) is 29.9 Å². The Labute approximate surface area is 170 Å². The van der Waals surface area contributed by atoms with Gasteiger partial charge in [0.05, 0.1) is 33.4 Å². The maximum Gasteiger partial charge on any atom is 0.203 e. The van der Waals surface area contributed by atoms with Crippen molar-refractivity contribution >= 4 is 12.0 Å². The molecule has 0 aromatic heterocycles. The van der Waals surface area contributed by atoms with E-state index in [0.29, 0.717) is 36.6 Å². The Kier molecular flexibility index (Phi) is 6.54. The van der Waals surface area contributed by atoms with E-state index in [1.54, 1.807) is 33.5 Å². The molecule has 0 amide bonds. The number of allylic oxidation sites excluding steroid dienone is 2. The topological polar surface area (TPSA) is 77.4 Å². The third-order valence-corrected chi connectivity index (χ3v) is 4.97. The molecule has 0 radical (unpaired) electrons. The lowest BCUT2D eigenvalue weighted by Gasteiger charge is -2.22. The summed E-state index contributed by atoms with van der Waals surface area (Å²) >= 11 is 0. The van der Waals surface area contributed by atoms with Crippen molar-refractivity contribution in [2.45, 2.75) is 25.3 Å². The molecular formula is C23H25NO5. The molecule has 0 saturated heterocycles. The van der Waals surface area contributed by atoms with Crippen LogP contribution in [0.15, 0.2) is 58.8 Å². The number of aliphatic hydroxyl groups excluding tert-OH is 1. The summed E-state index contributed by atoms with van der Waals surface area (Å²) in [6.07, 6.45) is 2.25. The number of hydrogen-bond acceptors (Lipinski definition) is 6. The zero-order valence-electron chi connectivity index (χ0n) is 16.8. The number of carbonyl (C=O) groups is 1. The van der Waals surface area contributed by atoms with Gasteiger partial charge in [-0.25, -0.2) is 0 Å². The van der Waals surface area contributed by atoms with Crippen LogP contribution in [0.4, 0.5) is 0 Å². The van der Waals surface area contributed by atoms with Crippen molar-refractivity contribution in [3.63, 3.8) is 0 Å². The van der Waals surface area contributed by atoms with Crippen LogP contribution in [0.2, 0.25) is 0 Å². The Morgan fingerprint density at radius 3 is 2.24 bits per heavy atom. The summed E-state index contributed by atoms with van der Waals surface area (Å²) in [6, 6.07) is 13.4. The van der Waals surface area contributed by atoms with Crippen molar-refractivity contribution in [1.29, 1.82) is 0 Å². The highest BCUT2D eigenvalue weighted by Gasteiger charge is 2.27. The molecule has 29 heavy (non-hydrogen) atoms. The minimum absolute atomic E-state index is 0.00374. The molecule has 0 fully saturated rings. The quantitative estimate of drug-likeness (QED) is 0.710. The molecule has 1 aliphatic carbocycles. The van der Waals surface area contributed by atoms with E-state index in [4.69, 9.17) is 14.2 Å². The van der Waals surface area contributed by atoms with E-state index >= 15 is 0 Å². The van der Waals surface area contributed by atoms with E-state index < -0.39 is 0 Å². The first-order valence-corrected chi connectivity index (χ1v) is 9.36. The van der Waals surface area contributed by atoms with Gasteiger partial charge in [0, 0.05) is 19.1 Å². The Hall–Kier alpha value is -3.28. The van der Waals surface area contributed by atoms with Crippen molar-refractivity contribution in [3.8, 4) is 17.2 Å². The molecule has 6 heteroatoms. The van der Waals surface area contributed by atoms with Crippen LogP contribution < -0.4 is 14.2 Å². The molecule has 3 rings (SSSR count). The first-order valence-electron chi connectivity index (χ1n) is 9.36. The second kappa shape index (κ2) is 9.28. The van der Waals surface area contributed by atoms with Gasteiger partial charge in [0.15, 0.2) is 17.3 Å². The van der Waals surface area contributed by atoms with Crippen molar-refractivity contribution in [2.24, 2.45) is 4.99 Å². The zero-order valence-corrected chi connectivity index (χ0v) is 16.8. The lowest BCUT2D eigenvalue weighted by atomic mass is 9.83. The number of rotatable bonds is 7. The van der Waals surface area contributed by atoms with E-state index in [1.165, 1.54) is 6.21 Å². The summed E-state index contributed by atoms with van der Waals surface area (Å²) in [6.45, 7) is 0.308. The summed E-state index contributed by atoms with van der Waals surface area (Å²) in [4.78, 5) is 16.9. The van der Waals surface area contributed by atoms with Gasteiger partial charge >= 0.3 is 0 Å². The van der Waals surface area contributed by atoms with Crippen LogP contribution in [0.5, 0.6) is 17.2 Å². The van der Waals surface area contributed by atoms with Crippen LogP contribution in [0.25, 0.3) is 0 Å². The first-order chi connectivity index (χ1) is 14.1. The zero-order chi connectivity index (χ0) is 20.8. The van der Waals surface area contributed by atoms with Crippen molar-refractivity contribution in [1.82, 2.24) is 0 Å². The standard InChI is InChI=1S/C23H25NO5/c1-27-21-9-15(10-22(28-2)23(21)29-3)13-24-14-18-19(25)11-17(12-20(18)26)16-7-5-4-6-8-16/h4-10,14,17,25H,11-13H2,1-3H3. The van der Waals surface area contributed by atoms with E-state index in [0.717, 1.165) is 11.1 Å². The smallest absolute Gasteiger partial charge is 0.203 e. The number of aliphatic imine (C=N–C) groups is 1. The molecule has 1 aliphatic rings. The largest absolute Gasteiger partial charge is 0.511 e. The lowest BCUT2D eigenvalue weighted by Crippen LogP contribution is -2.19.